The van der Waals surface area contributed by atoms with Gasteiger partial charge >= 0.3 is 18.0 Å². The smallest absolute Gasteiger partial charge is 0.319 e. The number of fused-ring (bicyclic) bond motifs is 2. The van der Waals surface area contributed by atoms with Gasteiger partial charge in [-0.05, 0) is 84.0 Å². The normalized spacial score (nSPS) is 28.4. The lowest BCUT2D eigenvalue weighted by molar-refractivity contribution is -0.149. The maximum atomic E-state index is 12.6. The monoisotopic (exact) mass is 657 g/mol. The first-order valence-corrected chi connectivity index (χ1v) is 16.7. The minimum Gasteiger partial charge on any atom is -0.481 e. The van der Waals surface area contributed by atoms with E-state index in [4.69, 9.17) is 5.53 Å². The third-order valence-electron chi connectivity index (χ3n) is 10.9. The lowest BCUT2D eigenvalue weighted by Crippen LogP contribution is -2.40. The van der Waals surface area contributed by atoms with Gasteiger partial charge in [0.15, 0.2) is 0 Å². The highest BCUT2D eigenvalue weighted by Crippen LogP contribution is 2.52. The number of carboxylic acids is 1. The Hall–Kier alpha value is -4.57. The van der Waals surface area contributed by atoms with Crippen molar-refractivity contribution >= 4 is 23.9 Å². The largest absolute Gasteiger partial charge is 0.481 e. The summed E-state index contributed by atoms with van der Waals surface area (Å²) in [4.78, 5) is 58.5. The number of aliphatic carboxylic acids is 1. The number of likely N-dealkylation sites (tertiary alicyclic amines) is 2. The summed E-state index contributed by atoms with van der Waals surface area (Å²) < 4.78 is 0. The van der Waals surface area contributed by atoms with Crippen LogP contribution in [-0.2, 0) is 22.4 Å². The zero-order valence-corrected chi connectivity index (χ0v) is 28.4. The third-order valence-corrected chi connectivity index (χ3v) is 10.9. The lowest BCUT2D eigenvalue weighted by Gasteiger charge is -2.29. The molecule has 2 saturated carbocycles. The molecule has 6 rings (SSSR count). The molecule has 2 aliphatic heterocycles. The van der Waals surface area contributed by atoms with Gasteiger partial charge in [-0.3, -0.25) is 9.59 Å². The number of hydrogen-bond acceptors (Lipinski definition) is 4. The first kappa shape index (κ1) is 34.8. The van der Waals surface area contributed by atoms with Crippen molar-refractivity contribution in [1.82, 2.24) is 19.6 Å². The number of rotatable bonds is 6. The van der Waals surface area contributed by atoms with Gasteiger partial charge in [-0.15, -0.1) is 0 Å². The van der Waals surface area contributed by atoms with Crippen LogP contribution in [0.1, 0.15) is 36.8 Å². The van der Waals surface area contributed by atoms with Crippen LogP contribution in [-0.4, -0.2) is 103 Å². The van der Waals surface area contributed by atoms with Gasteiger partial charge in [0.2, 0.25) is 5.91 Å². The van der Waals surface area contributed by atoms with Gasteiger partial charge in [-0.2, -0.15) is 0 Å². The van der Waals surface area contributed by atoms with Crippen LogP contribution in [0.25, 0.3) is 10.4 Å². The van der Waals surface area contributed by atoms with Crippen LogP contribution in [0.15, 0.2) is 65.8 Å². The number of benzene rings is 2. The van der Waals surface area contributed by atoms with E-state index < -0.39 is 16.8 Å². The van der Waals surface area contributed by atoms with Gasteiger partial charge in [-0.25, -0.2) is 9.59 Å². The van der Waals surface area contributed by atoms with E-state index in [0.29, 0.717) is 76.5 Å². The highest BCUT2D eigenvalue weighted by molar-refractivity contribution is 5.84. The Bertz CT molecular complexity index is 1510. The second kappa shape index (κ2) is 14.3. The molecule has 12 nitrogen and oxygen atoms in total. The number of carbonyl (C=O) groups excluding carboxylic acids is 3. The van der Waals surface area contributed by atoms with Crippen LogP contribution in [0.5, 0.6) is 0 Å². The molecule has 12 heteroatoms. The molecule has 4 aliphatic rings. The van der Waals surface area contributed by atoms with Crippen molar-refractivity contribution < 1.29 is 24.3 Å². The van der Waals surface area contributed by atoms with E-state index in [2.05, 4.69) is 10.0 Å². The van der Waals surface area contributed by atoms with E-state index in [1.165, 1.54) is 0 Å². The molecule has 2 saturated heterocycles. The Morgan fingerprint density at radius 3 is 1.40 bits per heavy atom. The van der Waals surface area contributed by atoms with Gasteiger partial charge in [0.1, 0.15) is 0 Å². The second-order valence-electron chi connectivity index (χ2n) is 14.7. The van der Waals surface area contributed by atoms with Crippen LogP contribution in [0.4, 0.5) is 9.59 Å². The van der Waals surface area contributed by atoms with Crippen LogP contribution >= 0.6 is 0 Å². The quantitative estimate of drug-likeness (QED) is 0.251. The minimum absolute atomic E-state index is 0.0180. The summed E-state index contributed by atoms with van der Waals surface area (Å²) in [7, 11) is 7.02. The molecule has 0 aromatic heterocycles. The van der Waals surface area contributed by atoms with E-state index in [1.807, 2.05) is 70.5 Å². The van der Waals surface area contributed by atoms with Crippen LogP contribution in [0.3, 0.4) is 0 Å². The molecule has 0 radical (unpaired) electrons. The topological polar surface area (TPSA) is 150 Å². The zero-order valence-electron chi connectivity index (χ0n) is 28.4. The molecule has 2 aromatic carbocycles. The number of amides is 5. The molecule has 4 unspecified atom stereocenters. The summed E-state index contributed by atoms with van der Waals surface area (Å²) in [6.07, 6.45) is 3.83. The predicted octanol–water partition coefficient (Wildman–Crippen LogP) is 5.40. The van der Waals surface area contributed by atoms with Crippen molar-refractivity contribution in [2.45, 2.75) is 38.5 Å². The van der Waals surface area contributed by atoms with Crippen molar-refractivity contribution in [3.05, 3.63) is 82.2 Å². The maximum Gasteiger partial charge on any atom is 0.319 e. The van der Waals surface area contributed by atoms with Gasteiger partial charge in [-0.1, -0.05) is 60.7 Å². The summed E-state index contributed by atoms with van der Waals surface area (Å²) >= 11 is 0. The molecule has 48 heavy (non-hydrogen) atoms. The standard InChI is InChI=1S/C18H23N5O2.C18H24N2O3/c1-22(2)17(25)23-11-14-9-18(10-15(14)12-23,16(24)20-21-19)8-13-6-4-3-5-7-13;1-19(2)17(23)20-11-14-9-18(16(21)22,10-15(14)12-20)8-13-6-4-3-5-7-13/h3-7,14-15H,8-12H2,1-2H3;3-7,14-15H,8-12H2,1-2H3,(H,21,22). The predicted molar refractivity (Wildman–Crippen MR) is 181 cm³/mol. The van der Waals surface area contributed by atoms with Crippen molar-refractivity contribution in [2.24, 2.45) is 39.6 Å². The van der Waals surface area contributed by atoms with Crippen molar-refractivity contribution in [1.29, 1.82) is 0 Å². The molecule has 256 valence electrons. The molecule has 5 amide bonds. The average molecular weight is 658 g/mol. The fourth-order valence-electron chi connectivity index (χ4n) is 8.76. The van der Waals surface area contributed by atoms with Gasteiger partial charge in [0, 0.05) is 64.7 Å². The molecule has 2 heterocycles. The molecule has 2 aliphatic carbocycles. The summed E-state index contributed by atoms with van der Waals surface area (Å²) in [5.74, 6) is 0.119. The number of urea groups is 2. The fourth-order valence-corrected chi connectivity index (χ4v) is 8.76. The second-order valence-corrected chi connectivity index (χ2v) is 14.7. The summed E-state index contributed by atoms with van der Waals surface area (Å²) in [6, 6.07) is 19.8. The van der Waals surface area contributed by atoms with Gasteiger partial charge in [0.05, 0.1) is 5.41 Å². The molecule has 0 spiro atoms. The van der Waals surface area contributed by atoms with Crippen LogP contribution in [0.2, 0.25) is 0 Å². The van der Waals surface area contributed by atoms with E-state index in [-0.39, 0.29) is 29.8 Å². The van der Waals surface area contributed by atoms with E-state index >= 15 is 0 Å². The lowest BCUT2D eigenvalue weighted by atomic mass is 9.78. The summed E-state index contributed by atoms with van der Waals surface area (Å²) in [6.45, 7) is 2.71. The van der Waals surface area contributed by atoms with Gasteiger partial charge in [0.25, 0.3) is 0 Å². The molecule has 4 fully saturated rings. The Morgan fingerprint density at radius 2 is 1.06 bits per heavy atom. The molecular weight excluding hydrogens is 610 g/mol. The number of azide groups is 1. The SMILES string of the molecule is CN(C)C(=O)N1CC2CC(Cc3ccccc3)(C(=O)N=[N+]=[N-])CC2C1.CN(C)C(=O)N1CC2CC(Cc3ccccc3)(C(=O)O)CC2C1. The highest BCUT2D eigenvalue weighted by atomic mass is 16.4. The molecular formula is C36H47N7O5. The Morgan fingerprint density at radius 1 is 0.708 bits per heavy atom. The summed E-state index contributed by atoms with van der Waals surface area (Å²) in [5.41, 5.74) is 9.57. The average Bonchev–Trinajstić information content (AvgIpc) is 3.80. The first-order chi connectivity index (χ1) is 22.9. The minimum atomic E-state index is -0.693. The van der Waals surface area contributed by atoms with E-state index in [0.717, 1.165) is 11.1 Å². The van der Waals surface area contributed by atoms with E-state index in [1.54, 1.807) is 38.0 Å². The first-order valence-electron chi connectivity index (χ1n) is 16.7. The third kappa shape index (κ3) is 7.28. The summed E-state index contributed by atoms with van der Waals surface area (Å²) in [5, 5.41) is 13.3. The van der Waals surface area contributed by atoms with Crippen LogP contribution < -0.4 is 0 Å². The maximum absolute atomic E-state index is 12.6. The molecule has 2 aromatic rings. The number of carboxylic acid groups (broad SMARTS) is 1. The molecule has 1 N–H and O–H groups in total. The van der Waals surface area contributed by atoms with E-state index in [9.17, 15) is 24.3 Å². The fraction of sp³-hybridized carbons (Fsp3) is 0.556. The van der Waals surface area contributed by atoms with Crippen LogP contribution in [0, 0.1) is 34.5 Å². The number of nitrogens with zero attached hydrogens (tertiary/aromatic N) is 7. The van der Waals surface area contributed by atoms with Crippen molar-refractivity contribution in [3.63, 3.8) is 0 Å². The highest BCUT2D eigenvalue weighted by Gasteiger charge is 2.54. The Balaban J connectivity index is 0.000000188. The van der Waals surface area contributed by atoms with Gasteiger partial charge < -0.3 is 24.7 Å². The Labute approximate surface area is 282 Å². The zero-order chi connectivity index (χ0) is 34.6. The molecule has 4 atom stereocenters. The number of hydrogen-bond donors (Lipinski definition) is 1. The number of carbonyl (C=O) groups is 4. The Kier molecular flexibility index (Phi) is 10.3. The van der Waals surface area contributed by atoms with Crippen molar-refractivity contribution in [3.8, 4) is 0 Å². The van der Waals surface area contributed by atoms with Crippen molar-refractivity contribution in [2.75, 3.05) is 54.4 Å². The molecule has 0 bridgehead atoms.